The van der Waals surface area contributed by atoms with Crippen molar-refractivity contribution in [3.05, 3.63) is 58.3 Å². The lowest BCUT2D eigenvalue weighted by Gasteiger charge is -2.37. The highest BCUT2D eigenvalue weighted by molar-refractivity contribution is 5.31. The van der Waals surface area contributed by atoms with E-state index in [9.17, 15) is 9.90 Å². The minimum absolute atomic E-state index is 0.152. The van der Waals surface area contributed by atoms with Gasteiger partial charge in [-0.1, -0.05) is 18.2 Å². The van der Waals surface area contributed by atoms with E-state index in [1.807, 2.05) is 31.2 Å². The Kier molecular flexibility index (Phi) is 4.97. The number of aromatic amines is 1. The van der Waals surface area contributed by atoms with E-state index in [-0.39, 0.29) is 12.2 Å². The number of ether oxygens (including phenoxy) is 1. The van der Waals surface area contributed by atoms with Crippen LogP contribution >= 0.6 is 0 Å². The number of aryl methyl sites for hydroxylation is 1. The van der Waals surface area contributed by atoms with Gasteiger partial charge in [-0.05, 0) is 31.4 Å². The normalized spacial score (nSPS) is 17.6. The van der Waals surface area contributed by atoms with Crippen LogP contribution in [0.2, 0.25) is 0 Å². The maximum Gasteiger partial charge on any atom is 0.270 e. The summed E-state index contributed by atoms with van der Waals surface area (Å²) >= 11 is 0. The van der Waals surface area contributed by atoms with E-state index in [1.54, 1.807) is 6.20 Å². The summed E-state index contributed by atoms with van der Waals surface area (Å²) in [4.78, 5) is 20.6. The number of hydrogen-bond acceptors (Lipinski definition) is 5. The first-order valence-electron chi connectivity index (χ1n) is 8.21. The molecule has 1 aliphatic heterocycles. The summed E-state index contributed by atoms with van der Waals surface area (Å²) in [6.45, 7) is 4.21. The van der Waals surface area contributed by atoms with Crippen molar-refractivity contribution in [2.24, 2.45) is 0 Å². The summed E-state index contributed by atoms with van der Waals surface area (Å²) in [6.07, 6.45) is 4.35. The van der Waals surface area contributed by atoms with Gasteiger partial charge in [-0.3, -0.25) is 14.7 Å². The monoisotopic (exact) mass is 329 g/mol. The van der Waals surface area contributed by atoms with Crippen LogP contribution in [0.25, 0.3) is 0 Å². The van der Waals surface area contributed by atoms with Crippen molar-refractivity contribution >= 4 is 0 Å². The lowest BCUT2D eigenvalue weighted by molar-refractivity contribution is -0.0540. The van der Waals surface area contributed by atoms with Crippen LogP contribution in [0.15, 0.2) is 41.5 Å². The number of hydrogen-bond donors (Lipinski definition) is 2. The first-order valence-corrected chi connectivity index (χ1v) is 8.21. The van der Waals surface area contributed by atoms with Crippen LogP contribution in [-0.2, 0) is 6.54 Å². The number of likely N-dealkylation sites (tertiary alicyclic amines) is 1. The molecule has 2 aromatic rings. The fourth-order valence-corrected chi connectivity index (χ4v) is 2.91. The van der Waals surface area contributed by atoms with Crippen molar-refractivity contribution in [3.8, 4) is 5.75 Å². The maximum atomic E-state index is 11.7. The quantitative estimate of drug-likeness (QED) is 0.869. The van der Waals surface area contributed by atoms with Gasteiger partial charge in [0.15, 0.2) is 0 Å². The summed E-state index contributed by atoms with van der Waals surface area (Å²) in [5.41, 5.74) is 0.600. The molecule has 2 heterocycles. The number of piperidine rings is 1. The van der Waals surface area contributed by atoms with Crippen LogP contribution < -0.4 is 10.3 Å². The molecular weight excluding hydrogens is 306 g/mol. The van der Waals surface area contributed by atoms with E-state index in [4.69, 9.17) is 4.74 Å². The van der Waals surface area contributed by atoms with E-state index < -0.39 is 5.60 Å². The van der Waals surface area contributed by atoms with Gasteiger partial charge in [-0.25, -0.2) is 0 Å². The third-order valence-electron chi connectivity index (χ3n) is 4.53. The molecule has 6 heteroatoms. The van der Waals surface area contributed by atoms with E-state index in [0.29, 0.717) is 38.2 Å². The molecule has 1 aromatic carbocycles. The van der Waals surface area contributed by atoms with E-state index in [0.717, 1.165) is 11.3 Å². The summed E-state index contributed by atoms with van der Waals surface area (Å²) < 4.78 is 5.82. The number of nitrogens with zero attached hydrogens (tertiary/aromatic N) is 2. The standard InChI is InChI=1S/C18H23N3O3/c1-14-4-2-3-5-16(14)24-13-18(23)6-10-21(11-7-18)12-15-17(22)20-9-8-19-15/h2-5,8-9,23H,6-7,10-13H2,1H3,(H,20,22). The van der Waals surface area contributed by atoms with Gasteiger partial charge in [0.1, 0.15) is 23.7 Å². The zero-order valence-corrected chi connectivity index (χ0v) is 13.9. The molecule has 2 N–H and O–H groups in total. The molecule has 6 nitrogen and oxygen atoms in total. The Balaban J connectivity index is 1.53. The topological polar surface area (TPSA) is 78.5 Å². The van der Waals surface area contributed by atoms with Gasteiger partial charge < -0.3 is 14.8 Å². The van der Waals surface area contributed by atoms with Gasteiger partial charge in [0.05, 0.1) is 0 Å². The second-order valence-corrected chi connectivity index (χ2v) is 6.42. The summed E-state index contributed by atoms with van der Waals surface area (Å²) in [7, 11) is 0. The van der Waals surface area contributed by atoms with Gasteiger partial charge in [-0.2, -0.15) is 0 Å². The Hall–Kier alpha value is -2.18. The first kappa shape index (κ1) is 16.7. The first-order chi connectivity index (χ1) is 11.6. The highest BCUT2D eigenvalue weighted by Crippen LogP contribution is 2.25. The van der Waals surface area contributed by atoms with Crippen LogP contribution in [0, 0.1) is 6.92 Å². The van der Waals surface area contributed by atoms with E-state index in [2.05, 4.69) is 14.9 Å². The van der Waals surface area contributed by atoms with Gasteiger partial charge in [0, 0.05) is 32.0 Å². The molecule has 1 aliphatic rings. The smallest absolute Gasteiger partial charge is 0.270 e. The average Bonchev–Trinajstić information content (AvgIpc) is 2.58. The summed E-state index contributed by atoms with van der Waals surface area (Å²) in [6, 6.07) is 7.81. The Morgan fingerprint density at radius 2 is 2.08 bits per heavy atom. The Bertz CT molecular complexity index is 736. The number of aromatic nitrogens is 2. The number of para-hydroxylation sites is 1. The molecule has 0 aliphatic carbocycles. The maximum absolute atomic E-state index is 11.7. The molecule has 1 aromatic heterocycles. The molecular formula is C18H23N3O3. The van der Waals surface area contributed by atoms with Crippen molar-refractivity contribution in [2.45, 2.75) is 31.9 Å². The zero-order valence-electron chi connectivity index (χ0n) is 13.9. The molecule has 0 unspecified atom stereocenters. The number of rotatable bonds is 5. The fourth-order valence-electron chi connectivity index (χ4n) is 2.91. The fraction of sp³-hybridized carbons (Fsp3) is 0.444. The minimum atomic E-state index is -0.824. The van der Waals surface area contributed by atoms with Gasteiger partial charge in [-0.15, -0.1) is 0 Å². The van der Waals surface area contributed by atoms with Crippen molar-refractivity contribution in [1.29, 1.82) is 0 Å². The number of benzene rings is 1. The lowest BCUT2D eigenvalue weighted by Crippen LogP contribution is -2.48. The predicted octanol–water partition coefficient (Wildman–Crippen LogP) is 1.48. The van der Waals surface area contributed by atoms with Crippen LogP contribution in [0.3, 0.4) is 0 Å². The highest BCUT2D eigenvalue weighted by atomic mass is 16.5. The number of H-pyrrole nitrogens is 1. The summed E-state index contributed by atoms with van der Waals surface area (Å²) in [5.74, 6) is 0.813. The van der Waals surface area contributed by atoms with E-state index >= 15 is 0 Å². The molecule has 1 saturated heterocycles. The van der Waals surface area contributed by atoms with Crippen molar-refractivity contribution in [3.63, 3.8) is 0 Å². The van der Waals surface area contributed by atoms with Gasteiger partial charge in [0.2, 0.25) is 0 Å². The molecule has 128 valence electrons. The van der Waals surface area contributed by atoms with E-state index in [1.165, 1.54) is 6.20 Å². The largest absolute Gasteiger partial charge is 0.490 e. The molecule has 0 atom stereocenters. The van der Waals surface area contributed by atoms with Crippen LogP contribution in [0.4, 0.5) is 0 Å². The number of aliphatic hydroxyl groups is 1. The van der Waals surface area contributed by atoms with Crippen molar-refractivity contribution in [1.82, 2.24) is 14.9 Å². The Labute approximate surface area is 141 Å². The SMILES string of the molecule is Cc1ccccc1OCC1(O)CCN(Cc2ncc[nH]c2=O)CC1. The second kappa shape index (κ2) is 7.15. The van der Waals surface area contributed by atoms with Gasteiger partial charge in [0.25, 0.3) is 5.56 Å². The molecule has 0 radical (unpaired) electrons. The van der Waals surface area contributed by atoms with Crippen molar-refractivity contribution < 1.29 is 9.84 Å². The molecule has 3 rings (SSSR count). The third kappa shape index (κ3) is 4.01. The molecule has 0 saturated carbocycles. The van der Waals surface area contributed by atoms with Crippen LogP contribution in [0.5, 0.6) is 5.75 Å². The molecule has 0 bridgehead atoms. The van der Waals surface area contributed by atoms with Crippen LogP contribution in [0.1, 0.15) is 24.1 Å². The lowest BCUT2D eigenvalue weighted by atomic mass is 9.92. The van der Waals surface area contributed by atoms with Crippen molar-refractivity contribution in [2.75, 3.05) is 19.7 Å². The van der Waals surface area contributed by atoms with Crippen LogP contribution in [-0.4, -0.2) is 45.3 Å². The third-order valence-corrected chi connectivity index (χ3v) is 4.53. The molecule has 24 heavy (non-hydrogen) atoms. The molecule has 0 amide bonds. The van der Waals surface area contributed by atoms with Gasteiger partial charge >= 0.3 is 0 Å². The minimum Gasteiger partial charge on any atom is -0.490 e. The zero-order chi connectivity index (χ0) is 17.0. The second-order valence-electron chi connectivity index (χ2n) is 6.42. The summed E-state index contributed by atoms with van der Waals surface area (Å²) in [5, 5.41) is 10.7. The average molecular weight is 329 g/mol. The Morgan fingerprint density at radius 3 is 2.79 bits per heavy atom. The molecule has 1 fully saturated rings. The Morgan fingerprint density at radius 1 is 1.33 bits per heavy atom. The predicted molar refractivity (Wildman–Crippen MR) is 91.0 cm³/mol. The number of nitrogens with one attached hydrogen (secondary N) is 1. The highest BCUT2D eigenvalue weighted by Gasteiger charge is 2.33. The molecule has 0 spiro atoms.